The molecule has 322 valence electrons. The molecule has 7 aliphatic rings. The van der Waals surface area contributed by atoms with E-state index in [0.717, 1.165) is 63.8 Å². The molecule has 0 N–H and O–H groups in total. The largest absolute Gasteiger partial charge is 0.496 e. The first-order chi connectivity index (χ1) is 30.0. The van der Waals surface area contributed by atoms with Crippen LogP contribution in [0.25, 0.3) is 22.3 Å². The van der Waals surface area contributed by atoms with Gasteiger partial charge < -0.3 is 24.2 Å². The van der Waals surface area contributed by atoms with Crippen LogP contribution in [0.5, 0.6) is 5.75 Å². The molecule has 0 spiro atoms. The van der Waals surface area contributed by atoms with Crippen LogP contribution in [0.15, 0.2) is 91.0 Å². The van der Waals surface area contributed by atoms with Crippen LogP contribution in [0.2, 0.25) is 0 Å². The van der Waals surface area contributed by atoms with E-state index in [0.29, 0.717) is 38.1 Å². The lowest BCUT2D eigenvalue weighted by Crippen LogP contribution is -2.43. The number of likely N-dealkylation sites (tertiary alicyclic amines) is 2. The summed E-state index contributed by atoms with van der Waals surface area (Å²) < 4.78 is 25.5. The summed E-state index contributed by atoms with van der Waals surface area (Å²) in [4.78, 5) is 20.3. The molecule has 4 aromatic carbocycles. The van der Waals surface area contributed by atoms with Crippen molar-refractivity contribution in [2.24, 2.45) is 23.7 Å². The Labute approximate surface area is 363 Å². The predicted molar refractivity (Wildman–Crippen MR) is 243 cm³/mol. The van der Waals surface area contributed by atoms with E-state index in [1.807, 2.05) is 35.2 Å². The molecule has 3 saturated heterocycles. The minimum absolute atomic E-state index is 0.0949. The van der Waals surface area contributed by atoms with Crippen molar-refractivity contribution in [2.75, 3.05) is 59.6 Å². The number of amides is 1. The number of nitrogens with zero attached hydrogens (tertiary/aromatic N) is 3. The summed E-state index contributed by atoms with van der Waals surface area (Å²) in [6.45, 7) is 7.44. The lowest BCUT2D eigenvalue weighted by atomic mass is 9.83. The molecule has 0 aromatic heterocycles. The van der Waals surface area contributed by atoms with Gasteiger partial charge in [-0.15, -0.1) is 0 Å². The Morgan fingerprint density at radius 1 is 0.590 bits per heavy atom. The second kappa shape index (κ2) is 18.4. The number of piperidine rings is 2. The van der Waals surface area contributed by atoms with Gasteiger partial charge in [0.05, 0.1) is 20.3 Å². The zero-order chi connectivity index (χ0) is 41.3. The quantitative estimate of drug-likeness (QED) is 0.177. The molecule has 6 atom stereocenters. The first-order valence-electron chi connectivity index (χ1n) is 24.0. The maximum absolute atomic E-state index is 14.4. The highest BCUT2D eigenvalue weighted by molar-refractivity contribution is 5.94. The second-order valence-corrected chi connectivity index (χ2v) is 19.6. The first kappa shape index (κ1) is 41.0. The Morgan fingerprint density at radius 2 is 1.15 bits per heavy atom. The van der Waals surface area contributed by atoms with Gasteiger partial charge in [0, 0.05) is 36.3 Å². The number of ether oxygens (including phenoxy) is 2. The monoisotopic (exact) mass is 824 g/mol. The Bertz CT molecular complexity index is 2120. The minimum Gasteiger partial charge on any atom is -0.496 e. The number of carbonyl (C=O) groups excluding carboxylic acids is 1. The van der Waals surface area contributed by atoms with E-state index < -0.39 is 0 Å². The SMILES string of the molecule is COc1ccc(-c2ccc(C(=O)N3CCOCC3)cc2)cc1C1CCN([C@H]2C[C@H]3CC[C@H]2C3)CC1.Fc1ccccc1-c1ccccc1C1CCN([C@H]2C[C@H]3CC[C@H]2C3)CC1. The van der Waals surface area contributed by atoms with Gasteiger partial charge in [-0.2, -0.15) is 0 Å². The number of benzene rings is 4. The van der Waals surface area contributed by atoms with Crippen molar-refractivity contribution in [1.29, 1.82) is 0 Å². The molecular weight excluding hydrogens is 758 g/mol. The second-order valence-electron chi connectivity index (χ2n) is 19.6. The number of methoxy groups -OCH3 is 1. The lowest BCUT2D eigenvalue weighted by molar-refractivity contribution is 0.0303. The molecule has 4 bridgehead atoms. The van der Waals surface area contributed by atoms with Gasteiger partial charge in [-0.05, 0) is 184 Å². The van der Waals surface area contributed by atoms with Crippen molar-refractivity contribution in [3.8, 4) is 28.0 Å². The molecule has 4 aliphatic carbocycles. The van der Waals surface area contributed by atoms with Crippen molar-refractivity contribution in [3.63, 3.8) is 0 Å². The van der Waals surface area contributed by atoms with Gasteiger partial charge in [-0.1, -0.05) is 73.5 Å². The van der Waals surface area contributed by atoms with Gasteiger partial charge in [-0.3, -0.25) is 4.79 Å². The number of halogens is 1. The fourth-order valence-corrected chi connectivity index (χ4v) is 13.2. The molecule has 4 saturated carbocycles. The number of carbonyl (C=O) groups is 1. The van der Waals surface area contributed by atoms with Crippen LogP contribution in [-0.4, -0.2) is 92.3 Å². The number of hydrogen-bond donors (Lipinski definition) is 0. The fraction of sp³-hybridized carbons (Fsp3) is 0.537. The standard InChI is InChI=1S/C30H38N2O3.C24H28FN/c1-34-29-9-8-25(22-4-6-24(7-5-22)30(33)32-14-16-35-17-15-32)20-27(29)23-10-12-31(13-11-23)28-19-21-2-3-26(28)18-21;25-23-8-4-3-7-22(23)21-6-2-1-5-20(21)18-11-13-26(14-12-18)24-16-17-9-10-19(24)15-17/h4-9,20-21,23,26,28H,2-3,10-19H2,1H3;1-8,17-19,24H,9-16H2/t21-,26-,28-;17-,19-,24-/m00/s1. The Hall–Kier alpha value is -4.04. The van der Waals surface area contributed by atoms with Crippen LogP contribution in [0.3, 0.4) is 0 Å². The zero-order valence-corrected chi connectivity index (χ0v) is 36.4. The zero-order valence-electron chi connectivity index (χ0n) is 36.4. The van der Waals surface area contributed by atoms with E-state index in [1.54, 1.807) is 19.2 Å². The van der Waals surface area contributed by atoms with E-state index in [2.05, 4.69) is 58.3 Å². The summed E-state index contributed by atoms with van der Waals surface area (Å²) in [5, 5.41) is 0. The third kappa shape index (κ3) is 8.69. The number of hydrogen-bond acceptors (Lipinski definition) is 5. The smallest absolute Gasteiger partial charge is 0.254 e. The summed E-state index contributed by atoms with van der Waals surface area (Å²) in [7, 11) is 1.79. The Kier molecular flexibility index (Phi) is 12.3. The van der Waals surface area contributed by atoms with Crippen molar-refractivity contribution in [2.45, 2.75) is 101 Å². The lowest BCUT2D eigenvalue weighted by Gasteiger charge is -2.40. The van der Waals surface area contributed by atoms with E-state index in [4.69, 9.17) is 9.47 Å². The van der Waals surface area contributed by atoms with Crippen LogP contribution < -0.4 is 4.74 Å². The maximum Gasteiger partial charge on any atom is 0.254 e. The van der Waals surface area contributed by atoms with Gasteiger partial charge >= 0.3 is 0 Å². The molecule has 0 radical (unpaired) electrons. The Morgan fingerprint density at radius 3 is 1.70 bits per heavy atom. The molecule has 4 aromatic rings. The highest BCUT2D eigenvalue weighted by Gasteiger charge is 2.44. The molecular formula is C54H66FN3O3. The van der Waals surface area contributed by atoms with Gasteiger partial charge in [0.15, 0.2) is 0 Å². The molecule has 3 heterocycles. The van der Waals surface area contributed by atoms with Crippen LogP contribution in [0, 0.1) is 29.5 Å². The number of morpholine rings is 1. The molecule has 11 rings (SSSR count). The number of fused-ring (bicyclic) bond motifs is 4. The highest BCUT2D eigenvalue weighted by atomic mass is 19.1. The van der Waals surface area contributed by atoms with Crippen LogP contribution in [0.4, 0.5) is 4.39 Å². The highest BCUT2D eigenvalue weighted by Crippen LogP contribution is 2.49. The van der Waals surface area contributed by atoms with Crippen molar-refractivity contribution < 1.29 is 18.7 Å². The minimum atomic E-state index is -0.112. The van der Waals surface area contributed by atoms with E-state index in [1.165, 1.54) is 120 Å². The summed E-state index contributed by atoms with van der Waals surface area (Å²) in [5.74, 6) is 6.06. The van der Waals surface area contributed by atoms with Crippen molar-refractivity contribution in [3.05, 3.63) is 114 Å². The fourth-order valence-electron chi connectivity index (χ4n) is 13.2. The summed E-state index contributed by atoms with van der Waals surface area (Å²) >= 11 is 0. The van der Waals surface area contributed by atoms with Gasteiger partial charge in [-0.25, -0.2) is 4.39 Å². The molecule has 6 nitrogen and oxygen atoms in total. The van der Waals surface area contributed by atoms with E-state index >= 15 is 0 Å². The summed E-state index contributed by atoms with van der Waals surface area (Å²) in [5.41, 5.74) is 7.60. The maximum atomic E-state index is 14.4. The third-order valence-corrected chi connectivity index (χ3v) is 16.4. The molecule has 7 fully saturated rings. The summed E-state index contributed by atoms with van der Waals surface area (Å²) in [6, 6.07) is 32.1. The summed E-state index contributed by atoms with van der Waals surface area (Å²) in [6.07, 6.45) is 16.6. The van der Waals surface area contributed by atoms with Gasteiger partial charge in [0.1, 0.15) is 11.6 Å². The molecule has 3 aliphatic heterocycles. The molecule has 1 amide bonds. The predicted octanol–water partition coefficient (Wildman–Crippen LogP) is 11.1. The Balaban J connectivity index is 0.000000152. The third-order valence-electron chi connectivity index (χ3n) is 16.4. The van der Waals surface area contributed by atoms with E-state index in [-0.39, 0.29) is 11.7 Å². The topological polar surface area (TPSA) is 45.2 Å². The van der Waals surface area contributed by atoms with Gasteiger partial charge in [0.2, 0.25) is 0 Å². The van der Waals surface area contributed by atoms with Crippen LogP contribution in [0.1, 0.15) is 110 Å². The molecule has 7 heteroatoms. The molecule has 61 heavy (non-hydrogen) atoms. The first-order valence-corrected chi connectivity index (χ1v) is 24.0. The average molecular weight is 824 g/mol. The van der Waals surface area contributed by atoms with E-state index in [9.17, 15) is 9.18 Å². The van der Waals surface area contributed by atoms with Crippen LogP contribution in [-0.2, 0) is 4.74 Å². The van der Waals surface area contributed by atoms with Crippen LogP contribution >= 0.6 is 0 Å². The molecule has 0 unspecified atom stereocenters. The van der Waals surface area contributed by atoms with Gasteiger partial charge in [0.25, 0.3) is 5.91 Å². The average Bonchev–Trinajstić information content (AvgIpc) is 4.17. The van der Waals surface area contributed by atoms with Crippen molar-refractivity contribution in [1.82, 2.24) is 14.7 Å². The normalized spacial score (nSPS) is 28.2. The number of rotatable bonds is 8. The van der Waals surface area contributed by atoms with Crippen molar-refractivity contribution >= 4 is 5.91 Å².